The minimum atomic E-state index is -4.55. The molecule has 0 spiro atoms. The predicted octanol–water partition coefficient (Wildman–Crippen LogP) is 4.60. The van der Waals surface area contributed by atoms with Gasteiger partial charge in [-0.15, -0.1) is 0 Å². The molecule has 1 saturated heterocycles. The quantitative estimate of drug-likeness (QED) is 0.595. The molecule has 1 atom stereocenters. The van der Waals surface area contributed by atoms with Gasteiger partial charge in [-0.05, 0) is 36.1 Å². The third-order valence-corrected chi connectivity index (χ3v) is 6.00. The minimum absolute atomic E-state index is 0.0481. The molecule has 0 unspecified atom stereocenters. The molecule has 0 bridgehead atoms. The number of rotatable bonds is 7. The van der Waals surface area contributed by atoms with E-state index in [9.17, 15) is 22.7 Å². The summed E-state index contributed by atoms with van der Waals surface area (Å²) in [6.07, 6.45) is -4.24. The number of aromatic hydroxyl groups is 1. The maximum atomic E-state index is 15.2. The summed E-state index contributed by atoms with van der Waals surface area (Å²) in [6, 6.07) is 4.78. The Balaban J connectivity index is 1.60. The van der Waals surface area contributed by atoms with E-state index < -0.39 is 42.6 Å². The molecule has 2 aromatic rings. The summed E-state index contributed by atoms with van der Waals surface area (Å²) in [5, 5.41) is 9.74. The summed E-state index contributed by atoms with van der Waals surface area (Å²) in [7, 11) is 0. The van der Waals surface area contributed by atoms with E-state index in [1.807, 2.05) is 4.90 Å². The van der Waals surface area contributed by atoms with Gasteiger partial charge in [0.1, 0.15) is 29.2 Å². The Labute approximate surface area is 187 Å². The van der Waals surface area contributed by atoms with Crippen LogP contribution in [-0.2, 0) is 6.42 Å². The maximum absolute atomic E-state index is 15.2. The zero-order valence-corrected chi connectivity index (χ0v) is 17.7. The van der Waals surface area contributed by atoms with Crippen molar-refractivity contribution in [3.8, 4) is 11.5 Å². The van der Waals surface area contributed by atoms with Gasteiger partial charge in [-0.2, -0.15) is 13.2 Å². The van der Waals surface area contributed by atoms with Crippen molar-refractivity contribution in [3.05, 3.63) is 58.7 Å². The van der Waals surface area contributed by atoms with Crippen LogP contribution in [0.5, 0.6) is 11.5 Å². The fourth-order valence-corrected chi connectivity index (χ4v) is 4.55. The van der Waals surface area contributed by atoms with Crippen LogP contribution in [0.4, 0.5) is 26.3 Å². The van der Waals surface area contributed by atoms with E-state index in [4.69, 9.17) is 4.74 Å². The van der Waals surface area contributed by atoms with Gasteiger partial charge in [0.25, 0.3) is 0 Å². The average Bonchev–Trinajstić information content (AvgIpc) is 2.69. The van der Waals surface area contributed by atoms with Crippen molar-refractivity contribution in [2.24, 2.45) is 0 Å². The summed E-state index contributed by atoms with van der Waals surface area (Å²) < 4.78 is 87.8. The van der Waals surface area contributed by atoms with Crippen LogP contribution in [0.2, 0.25) is 0 Å². The zero-order valence-electron chi connectivity index (χ0n) is 17.7. The van der Waals surface area contributed by atoms with Crippen molar-refractivity contribution in [2.75, 3.05) is 39.4 Å². The molecule has 4 nitrogen and oxygen atoms in total. The lowest BCUT2D eigenvalue weighted by molar-refractivity contribution is -0.150. The van der Waals surface area contributed by atoms with Gasteiger partial charge in [0.2, 0.25) is 0 Å². The Morgan fingerprint density at radius 1 is 1.06 bits per heavy atom. The molecule has 0 amide bonds. The fraction of sp³-hybridized carbons (Fsp3) is 0.478. The smallest absolute Gasteiger partial charge is 0.401 e. The van der Waals surface area contributed by atoms with E-state index in [1.165, 1.54) is 18.2 Å². The minimum Gasteiger partial charge on any atom is -0.508 e. The first-order valence-corrected chi connectivity index (χ1v) is 10.7. The van der Waals surface area contributed by atoms with Gasteiger partial charge >= 0.3 is 6.18 Å². The molecule has 1 fully saturated rings. The van der Waals surface area contributed by atoms with E-state index in [-0.39, 0.29) is 30.6 Å². The number of fused-ring (bicyclic) bond motifs is 1. The van der Waals surface area contributed by atoms with Crippen LogP contribution in [0.15, 0.2) is 30.3 Å². The van der Waals surface area contributed by atoms with Crippen molar-refractivity contribution in [1.29, 1.82) is 0 Å². The SMILES string of the molecule is Oc1ccc2c(c1)CCN(CC(F)(F)F)[C@H]2c1c(F)cc(OC2CN(CCCF)C2)cc1F. The van der Waals surface area contributed by atoms with Gasteiger partial charge < -0.3 is 9.84 Å². The predicted molar refractivity (Wildman–Crippen MR) is 109 cm³/mol. The molecule has 10 heteroatoms. The van der Waals surface area contributed by atoms with E-state index in [0.29, 0.717) is 37.2 Å². The van der Waals surface area contributed by atoms with E-state index in [2.05, 4.69) is 0 Å². The summed E-state index contributed by atoms with van der Waals surface area (Å²) in [5.74, 6) is -2.12. The first kappa shape index (κ1) is 23.7. The van der Waals surface area contributed by atoms with Crippen LogP contribution < -0.4 is 4.74 Å². The monoisotopic (exact) mass is 474 g/mol. The first-order chi connectivity index (χ1) is 15.6. The Bertz CT molecular complexity index is 970. The molecule has 33 heavy (non-hydrogen) atoms. The second kappa shape index (κ2) is 9.42. The van der Waals surface area contributed by atoms with Gasteiger partial charge in [0, 0.05) is 43.9 Å². The number of hydrogen-bond donors (Lipinski definition) is 1. The largest absolute Gasteiger partial charge is 0.508 e. The average molecular weight is 474 g/mol. The number of phenolic OH excluding ortho intramolecular Hbond substituents is 1. The van der Waals surface area contributed by atoms with Crippen molar-refractivity contribution in [3.63, 3.8) is 0 Å². The van der Waals surface area contributed by atoms with Crippen LogP contribution in [0.3, 0.4) is 0 Å². The zero-order chi connectivity index (χ0) is 23.8. The number of benzene rings is 2. The molecule has 1 N–H and O–H groups in total. The van der Waals surface area contributed by atoms with E-state index >= 15 is 8.78 Å². The fourth-order valence-electron chi connectivity index (χ4n) is 4.55. The van der Waals surface area contributed by atoms with Gasteiger partial charge in [-0.1, -0.05) is 6.07 Å². The molecule has 180 valence electrons. The highest BCUT2D eigenvalue weighted by molar-refractivity contribution is 5.45. The number of likely N-dealkylation sites (tertiary alicyclic amines) is 1. The number of halogens is 6. The van der Waals surface area contributed by atoms with Crippen LogP contribution in [0, 0.1) is 11.6 Å². The van der Waals surface area contributed by atoms with E-state index in [0.717, 1.165) is 17.0 Å². The molecule has 2 heterocycles. The van der Waals surface area contributed by atoms with Crippen molar-refractivity contribution in [1.82, 2.24) is 9.80 Å². The number of nitrogens with zero attached hydrogens (tertiary/aromatic N) is 2. The molecule has 0 aromatic heterocycles. The summed E-state index contributed by atoms with van der Waals surface area (Å²) in [5.41, 5.74) is 0.370. The summed E-state index contributed by atoms with van der Waals surface area (Å²) in [6.45, 7) is -0.243. The maximum Gasteiger partial charge on any atom is 0.401 e. The number of hydrogen-bond acceptors (Lipinski definition) is 4. The standard InChI is InChI=1S/C23H24F6N2O2/c24-5-1-6-30-11-17(12-30)33-16-9-19(25)21(20(26)10-16)22-18-3-2-15(32)8-14(18)4-7-31(22)13-23(27,28)29/h2-3,8-10,17,22,32H,1,4-7,11-13H2/t22-/m1/s1. The van der Waals surface area contributed by atoms with Crippen LogP contribution >= 0.6 is 0 Å². The van der Waals surface area contributed by atoms with Crippen LogP contribution in [-0.4, -0.2) is 66.6 Å². The lowest BCUT2D eigenvalue weighted by Crippen LogP contribution is -2.53. The topological polar surface area (TPSA) is 35.9 Å². The summed E-state index contributed by atoms with van der Waals surface area (Å²) in [4.78, 5) is 2.95. The number of alkyl halides is 4. The van der Waals surface area contributed by atoms with E-state index in [1.54, 1.807) is 0 Å². The molecule has 2 aliphatic rings. The molecule has 2 aliphatic heterocycles. The van der Waals surface area contributed by atoms with Crippen molar-refractivity contribution >= 4 is 0 Å². The normalized spacial score (nSPS) is 19.9. The third kappa shape index (κ3) is 5.38. The molecule has 0 radical (unpaired) electrons. The lowest BCUT2D eigenvalue weighted by atomic mass is 9.87. The first-order valence-electron chi connectivity index (χ1n) is 10.7. The van der Waals surface area contributed by atoms with Gasteiger partial charge in [0.05, 0.1) is 19.3 Å². The molecule has 0 aliphatic carbocycles. The Hall–Kier alpha value is -2.46. The van der Waals surface area contributed by atoms with Crippen LogP contribution in [0.1, 0.15) is 29.2 Å². The molecule has 4 rings (SSSR count). The third-order valence-electron chi connectivity index (χ3n) is 6.00. The Morgan fingerprint density at radius 2 is 1.76 bits per heavy atom. The van der Waals surface area contributed by atoms with Crippen molar-refractivity contribution < 1.29 is 36.2 Å². The highest BCUT2D eigenvalue weighted by Gasteiger charge is 2.40. The molecule has 0 saturated carbocycles. The second-order valence-corrected chi connectivity index (χ2v) is 8.46. The Morgan fingerprint density at radius 3 is 2.39 bits per heavy atom. The van der Waals surface area contributed by atoms with Crippen LogP contribution in [0.25, 0.3) is 0 Å². The second-order valence-electron chi connectivity index (χ2n) is 8.46. The highest BCUT2D eigenvalue weighted by Crippen LogP contribution is 2.41. The van der Waals surface area contributed by atoms with Crippen molar-refractivity contribution in [2.45, 2.75) is 31.2 Å². The Kier molecular flexibility index (Phi) is 6.76. The highest BCUT2D eigenvalue weighted by atomic mass is 19.4. The molecular formula is C23H24F6N2O2. The lowest BCUT2D eigenvalue weighted by Gasteiger charge is -2.39. The van der Waals surface area contributed by atoms with Gasteiger partial charge in [-0.25, -0.2) is 8.78 Å². The molecule has 2 aromatic carbocycles. The number of ether oxygens (including phenoxy) is 1. The summed E-state index contributed by atoms with van der Waals surface area (Å²) >= 11 is 0. The van der Waals surface area contributed by atoms with Gasteiger partial charge in [0.15, 0.2) is 0 Å². The number of phenols is 1. The molecular weight excluding hydrogens is 450 g/mol. The van der Waals surface area contributed by atoms with Gasteiger partial charge in [-0.3, -0.25) is 14.2 Å².